The van der Waals surface area contributed by atoms with E-state index < -0.39 is 0 Å². The number of rotatable bonds is 6. The molecular weight excluding hydrogens is 403 g/mol. The van der Waals surface area contributed by atoms with Crippen LogP contribution in [0.2, 0.25) is 5.02 Å². The van der Waals surface area contributed by atoms with E-state index in [1.807, 2.05) is 38.1 Å². The van der Waals surface area contributed by atoms with Gasteiger partial charge in [-0.05, 0) is 31.5 Å². The third kappa shape index (κ3) is 8.77. The van der Waals surface area contributed by atoms with E-state index in [0.717, 1.165) is 12.1 Å². The first-order valence-electron chi connectivity index (χ1n) is 6.69. The molecule has 118 valence electrons. The van der Waals surface area contributed by atoms with Crippen LogP contribution in [-0.4, -0.2) is 31.5 Å². The second kappa shape index (κ2) is 11.6. The maximum absolute atomic E-state index is 11.4. The average Bonchev–Trinajstić information content (AvgIpc) is 2.44. The Labute approximate surface area is 148 Å². The molecule has 0 aliphatic rings. The van der Waals surface area contributed by atoms with Crippen LogP contribution in [0.3, 0.4) is 0 Å². The molecule has 1 rings (SSSR count). The molecule has 0 heterocycles. The summed E-state index contributed by atoms with van der Waals surface area (Å²) < 4.78 is 0. The number of likely N-dealkylation sites (N-methyl/N-ethyl adjacent to an activating group) is 1. The Morgan fingerprint density at radius 2 is 1.71 bits per heavy atom. The number of nitrogens with zero attached hydrogens (tertiary/aromatic N) is 1. The number of halogens is 2. The second-order valence-electron chi connectivity index (χ2n) is 4.13. The van der Waals surface area contributed by atoms with Crippen molar-refractivity contribution in [3.8, 4) is 0 Å². The lowest BCUT2D eigenvalue weighted by molar-refractivity contribution is -0.119. The Bertz CT molecular complexity index is 451. The topological polar surface area (TPSA) is 65.5 Å². The Morgan fingerprint density at radius 1 is 1.10 bits per heavy atom. The molecule has 0 aliphatic carbocycles. The molecule has 0 spiro atoms. The van der Waals surface area contributed by atoms with Crippen molar-refractivity contribution in [1.29, 1.82) is 0 Å². The molecule has 1 amide bonds. The van der Waals surface area contributed by atoms with Gasteiger partial charge in [0.05, 0.1) is 13.1 Å². The van der Waals surface area contributed by atoms with Crippen LogP contribution in [0.5, 0.6) is 0 Å². The van der Waals surface area contributed by atoms with Gasteiger partial charge in [0.1, 0.15) is 0 Å². The third-order valence-corrected chi connectivity index (χ3v) is 2.72. The first-order valence-corrected chi connectivity index (χ1v) is 7.06. The van der Waals surface area contributed by atoms with Gasteiger partial charge in [-0.15, -0.1) is 24.0 Å². The van der Waals surface area contributed by atoms with Crippen LogP contribution < -0.4 is 16.0 Å². The number of hydrogen-bond acceptors (Lipinski definition) is 2. The van der Waals surface area contributed by atoms with Crippen molar-refractivity contribution in [2.75, 3.05) is 19.6 Å². The van der Waals surface area contributed by atoms with E-state index in [0.29, 0.717) is 24.1 Å². The van der Waals surface area contributed by atoms with Gasteiger partial charge >= 0.3 is 0 Å². The summed E-state index contributed by atoms with van der Waals surface area (Å²) in [5.74, 6) is 0.568. The summed E-state index contributed by atoms with van der Waals surface area (Å²) in [6, 6.07) is 7.53. The van der Waals surface area contributed by atoms with Crippen molar-refractivity contribution >= 4 is 47.4 Å². The molecule has 0 fully saturated rings. The standard InChI is InChI=1S/C14H21ClN4O.HI/c1-3-16-13(20)10-19-14(17-4-2)18-9-11-5-7-12(15)8-6-11;/h5-8H,3-4,9-10H2,1-2H3,(H,16,20)(H2,17,18,19);1H. The highest BCUT2D eigenvalue weighted by Crippen LogP contribution is 2.09. The summed E-state index contributed by atoms with van der Waals surface area (Å²) in [5, 5.41) is 9.51. The molecule has 0 bridgehead atoms. The molecule has 7 heteroatoms. The predicted molar refractivity (Wildman–Crippen MR) is 98.4 cm³/mol. The monoisotopic (exact) mass is 424 g/mol. The lowest BCUT2D eigenvalue weighted by Gasteiger charge is -2.11. The van der Waals surface area contributed by atoms with Crippen LogP contribution in [0.4, 0.5) is 0 Å². The number of guanidine groups is 1. The molecular formula is C14H22ClIN4O. The van der Waals surface area contributed by atoms with Gasteiger partial charge in [0.2, 0.25) is 5.91 Å². The van der Waals surface area contributed by atoms with E-state index in [-0.39, 0.29) is 36.4 Å². The summed E-state index contributed by atoms with van der Waals surface area (Å²) >= 11 is 5.83. The molecule has 0 unspecified atom stereocenters. The Kier molecular flexibility index (Phi) is 11.1. The summed E-state index contributed by atoms with van der Waals surface area (Å²) in [7, 11) is 0. The fraction of sp³-hybridized carbons (Fsp3) is 0.429. The average molecular weight is 425 g/mol. The van der Waals surface area contributed by atoms with Crippen LogP contribution >= 0.6 is 35.6 Å². The molecule has 0 aromatic heterocycles. The van der Waals surface area contributed by atoms with Gasteiger partial charge in [0.25, 0.3) is 0 Å². The van der Waals surface area contributed by atoms with Gasteiger partial charge in [-0.3, -0.25) is 4.79 Å². The van der Waals surface area contributed by atoms with E-state index in [9.17, 15) is 4.79 Å². The summed E-state index contributed by atoms with van der Waals surface area (Å²) in [4.78, 5) is 15.8. The minimum Gasteiger partial charge on any atom is -0.357 e. The number of aliphatic imine (C=N–C) groups is 1. The highest BCUT2D eigenvalue weighted by Gasteiger charge is 2.02. The van der Waals surface area contributed by atoms with Crippen LogP contribution in [-0.2, 0) is 11.3 Å². The van der Waals surface area contributed by atoms with E-state index >= 15 is 0 Å². The first kappa shape index (κ1) is 20.0. The lowest BCUT2D eigenvalue weighted by atomic mass is 10.2. The fourth-order valence-electron chi connectivity index (χ4n) is 1.53. The minimum absolute atomic E-state index is 0. The number of carbonyl (C=O) groups is 1. The number of hydrogen-bond donors (Lipinski definition) is 3. The molecule has 21 heavy (non-hydrogen) atoms. The van der Waals surface area contributed by atoms with Gasteiger partial charge in [0.15, 0.2) is 5.96 Å². The van der Waals surface area contributed by atoms with Gasteiger partial charge < -0.3 is 16.0 Å². The first-order chi connectivity index (χ1) is 9.65. The minimum atomic E-state index is -0.0513. The SMILES string of the molecule is CCNC(=O)CNC(=NCc1ccc(Cl)cc1)NCC.I. The van der Waals surface area contributed by atoms with Gasteiger partial charge in [-0.2, -0.15) is 0 Å². The van der Waals surface area contributed by atoms with Gasteiger partial charge in [-0.1, -0.05) is 23.7 Å². The highest BCUT2D eigenvalue weighted by atomic mass is 127. The fourth-order valence-corrected chi connectivity index (χ4v) is 1.65. The summed E-state index contributed by atoms with van der Waals surface area (Å²) in [6.45, 7) is 5.96. The quantitative estimate of drug-likeness (QED) is 0.372. The summed E-state index contributed by atoms with van der Waals surface area (Å²) in [5.41, 5.74) is 1.06. The molecule has 3 N–H and O–H groups in total. The zero-order valence-electron chi connectivity index (χ0n) is 12.3. The Hall–Kier alpha value is -1.02. The van der Waals surface area contributed by atoms with Crippen LogP contribution in [0.25, 0.3) is 0 Å². The number of benzene rings is 1. The van der Waals surface area contributed by atoms with E-state index in [1.54, 1.807) is 0 Å². The predicted octanol–water partition coefficient (Wildman–Crippen LogP) is 2.15. The molecule has 0 saturated heterocycles. The molecule has 0 atom stereocenters. The van der Waals surface area contributed by atoms with Gasteiger partial charge in [0, 0.05) is 18.1 Å². The van der Waals surface area contributed by atoms with Crippen molar-refractivity contribution < 1.29 is 4.79 Å². The molecule has 1 aromatic rings. The molecule has 5 nitrogen and oxygen atoms in total. The van der Waals surface area contributed by atoms with Crippen molar-refractivity contribution in [2.24, 2.45) is 4.99 Å². The smallest absolute Gasteiger partial charge is 0.239 e. The molecule has 0 saturated carbocycles. The summed E-state index contributed by atoms with van der Waals surface area (Å²) in [6.07, 6.45) is 0. The highest BCUT2D eigenvalue weighted by molar-refractivity contribution is 14.0. The zero-order valence-corrected chi connectivity index (χ0v) is 15.4. The Morgan fingerprint density at radius 3 is 2.29 bits per heavy atom. The van der Waals surface area contributed by atoms with Gasteiger partial charge in [-0.25, -0.2) is 4.99 Å². The van der Waals surface area contributed by atoms with E-state index in [4.69, 9.17) is 11.6 Å². The van der Waals surface area contributed by atoms with Crippen molar-refractivity contribution in [2.45, 2.75) is 20.4 Å². The maximum atomic E-state index is 11.4. The number of nitrogens with one attached hydrogen (secondary N) is 3. The normalized spacial score (nSPS) is 10.5. The molecule has 0 radical (unpaired) electrons. The molecule has 0 aliphatic heterocycles. The van der Waals surface area contributed by atoms with E-state index in [1.165, 1.54) is 0 Å². The zero-order chi connectivity index (χ0) is 14.8. The van der Waals surface area contributed by atoms with E-state index in [2.05, 4.69) is 20.9 Å². The Balaban J connectivity index is 0.00000400. The van der Waals surface area contributed by atoms with Crippen LogP contribution in [0.1, 0.15) is 19.4 Å². The third-order valence-electron chi connectivity index (χ3n) is 2.47. The maximum Gasteiger partial charge on any atom is 0.239 e. The van der Waals surface area contributed by atoms with Crippen molar-refractivity contribution in [3.63, 3.8) is 0 Å². The molecule has 1 aromatic carbocycles. The second-order valence-corrected chi connectivity index (χ2v) is 4.57. The van der Waals surface area contributed by atoms with Crippen molar-refractivity contribution in [3.05, 3.63) is 34.9 Å². The van der Waals surface area contributed by atoms with Crippen LogP contribution in [0.15, 0.2) is 29.3 Å². The van der Waals surface area contributed by atoms with Crippen LogP contribution in [0, 0.1) is 0 Å². The largest absolute Gasteiger partial charge is 0.357 e. The number of carbonyl (C=O) groups excluding carboxylic acids is 1. The van der Waals surface area contributed by atoms with Crippen molar-refractivity contribution in [1.82, 2.24) is 16.0 Å². The lowest BCUT2D eigenvalue weighted by Crippen LogP contribution is -2.43. The number of amides is 1.